The lowest BCUT2D eigenvalue weighted by Crippen LogP contribution is -2.40. The van der Waals surface area contributed by atoms with Gasteiger partial charge in [0.15, 0.2) is 0 Å². The van der Waals surface area contributed by atoms with Gasteiger partial charge in [-0.3, -0.25) is 14.6 Å². The Labute approximate surface area is 160 Å². The van der Waals surface area contributed by atoms with Gasteiger partial charge in [-0.05, 0) is 56.6 Å². The van der Waals surface area contributed by atoms with Crippen LogP contribution in [0.25, 0.3) is 0 Å². The van der Waals surface area contributed by atoms with Gasteiger partial charge in [-0.25, -0.2) is 0 Å². The van der Waals surface area contributed by atoms with Crippen LogP contribution in [0, 0.1) is 5.92 Å². The molecule has 0 radical (unpaired) electrons. The van der Waals surface area contributed by atoms with Crippen LogP contribution in [0.15, 0.2) is 36.2 Å². The first kappa shape index (κ1) is 19.5. The standard InChI is InChI=1S/C21H29N3O3/c25-19-12-17(21(27)23-14-15-5-2-1-3-6-15)11-18(19)24-20(26)9-8-16-7-4-10-22-13-16/h4-5,7,10,13,17-19,25H,1-3,6,8-9,11-12,14H2,(H,23,27)(H,24,26)/t17-,18-,19-/m0/s1. The predicted octanol–water partition coefficient (Wildman–Crippen LogP) is 1.89. The van der Waals surface area contributed by atoms with E-state index in [0.717, 1.165) is 18.4 Å². The number of aryl methyl sites for hydroxylation is 1. The molecule has 146 valence electrons. The van der Waals surface area contributed by atoms with Gasteiger partial charge in [0.25, 0.3) is 0 Å². The highest BCUT2D eigenvalue weighted by Gasteiger charge is 2.37. The minimum Gasteiger partial charge on any atom is -0.391 e. The summed E-state index contributed by atoms with van der Waals surface area (Å²) in [6.07, 6.45) is 11.4. The summed E-state index contributed by atoms with van der Waals surface area (Å²) in [5, 5.41) is 16.1. The minimum atomic E-state index is -0.669. The average Bonchev–Trinajstić information content (AvgIpc) is 3.06. The number of hydrogen-bond donors (Lipinski definition) is 3. The van der Waals surface area contributed by atoms with Crippen molar-refractivity contribution in [2.45, 2.75) is 63.5 Å². The van der Waals surface area contributed by atoms with E-state index in [9.17, 15) is 14.7 Å². The van der Waals surface area contributed by atoms with E-state index in [4.69, 9.17) is 0 Å². The highest BCUT2D eigenvalue weighted by atomic mass is 16.3. The summed E-state index contributed by atoms with van der Waals surface area (Å²) in [6.45, 7) is 0.605. The van der Waals surface area contributed by atoms with Gasteiger partial charge in [0.05, 0.1) is 12.1 Å². The summed E-state index contributed by atoms with van der Waals surface area (Å²) < 4.78 is 0. The van der Waals surface area contributed by atoms with Gasteiger partial charge in [-0.1, -0.05) is 17.7 Å². The third-order valence-electron chi connectivity index (χ3n) is 5.48. The Kier molecular flexibility index (Phi) is 6.98. The Balaban J connectivity index is 1.41. The van der Waals surface area contributed by atoms with Crippen LogP contribution in [0.3, 0.4) is 0 Å². The Bertz CT molecular complexity index is 675. The summed E-state index contributed by atoms with van der Waals surface area (Å²) in [7, 11) is 0. The van der Waals surface area contributed by atoms with Crippen molar-refractivity contribution in [2.24, 2.45) is 5.92 Å². The molecule has 1 aromatic rings. The summed E-state index contributed by atoms with van der Waals surface area (Å²) in [5.74, 6) is -0.364. The fourth-order valence-electron chi connectivity index (χ4n) is 3.88. The molecule has 0 saturated heterocycles. The van der Waals surface area contributed by atoms with Gasteiger partial charge >= 0.3 is 0 Å². The molecule has 0 bridgehead atoms. The van der Waals surface area contributed by atoms with E-state index < -0.39 is 6.10 Å². The van der Waals surface area contributed by atoms with Gasteiger partial charge in [-0.15, -0.1) is 0 Å². The molecule has 0 spiro atoms. The zero-order valence-corrected chi connectivity index (χ0v) is 15.7. The monoisotopic (exact) mass is 371 g/mol. The number of carbonyl (C=O) groups is 2. The van der Waals surface area contributed by atoms with Gasteiger partial charge in [0.2, 0.25) is 11.8 Å². The van der Waals surface area contributed by atoms with E-state index >= 15 is 0 Å². The molecule has 1 aromatic heterocycles. The SMILES string of the molecule is O=C(CCc1cccnc1)N[C@H]1C[C@H](C(=O)NCC2=CCCCC2)C[C@@H]1O. The Hall–Kier alpha value is -2.21. The second kappa shape index (κ2) is 9.65. The number of aliphatic hydroxyl groups excluding tert-OH is 1. The molecule has 6 heteroatoms. The van der Waals surface area contributed by atoms with Crippen LogP contribution in [-0.2, 0) is 16.0 Å². The molecule has 27 heavy (non-hydrogen) atoms. The van der Waals surface area contributed by atoms with E-state index in [2.05, 4.69) is 21.7 Å². The molecule has 3 atom stereocenters. The maximum atomic E-state index is 12.4. The molecule has 0 aromatic carbocycles. The molecular weight excluding hydrogens is 342 g/mol. The zero-order valence-electron chi connectivity index (χ0n) is 15.7. The Morgan fingerprint density at radius 3 is 2.89 bits per heavy atom. The summed E-state index contributed by atoms with van der Waals surface area (Å²) in [6, 6.07) is 3.43. The van der Waals surface area contributed by atoms with Crippen molar-refractivity contribution in [1.82, 2.24) is 15.6 Å². The number of amides is 2. The predicted molar refractivity (Wildman–Crippen MR) is 103 cm³/mol. The number of aliphatic hydroxyl groups is 1. The Morgan fingerprint density at radius 2 is 2.15 bits per heavy atom. The number of allylic oxidation sites excluding steroid dienone is 1. The van der Waals surface area contributed by atoms with Crippen LogP contribution in [0.5, 0.6) is 0 Å². The molecule has 3 rings (SSSR count). The van der Waals surface area contributed by atoms with Gasteiger partial charge in [-0.2, -0.15) is 0 Å². The molecule has 1 saturated carbocycles. The van der Waals surface area contributed by atoms with Crippen molar-refractivity contribution in [1.29, 1.82) is 0 Å². The lowest BCUT2D eigenvalue weighted by atomic mass is 9.99. The quantitative estimate of drug-likeness (QED) is 0.638. The fourth-order valence-corrected chi connectivity index (χ4v) is 3.88. The third kappa shape index (κ3) is 5.89. The van der Waals surface area contributed by atoms with Crippen molar-refractivity contribution in [2.75, 3.05) is 6.54 Å². The van der Waals surface area contributed by atoms with Crippen LogP contribution < -0.4 is 10.6 Å². The number of carbonyl (C=O) groups excluding carboxylic acids is 2. The van der Waals surface area contributed by atoms with Crippen molar-refractivity contribution in [3.05, 3.63) is 41.7 Å². The van der Waals surface area contributed by atoms with Crippen molar-refractivity contribution < 1.29 is 14.7 Å². The van der Waals surface area contributed by atoms with Crippen LogP contribution in [0.1, 0.15) is 50.5 Å². The molecule has 0 unspecified atom stereocenters. The van der Waals surface area contributed by atoms with E-state index in [-0.39, 0.29) is 23.8 Å². The van der Waals surface area contributed by atoms with E-state index in [1.54, 1.807) is 12.4 Å². The number of nitrogens with one attached hydrogen (secondary N) is 2. The summed E-state index contributed by atoms with van der Waals surface area (Å²) in [5.41, 5.74) is 2.31. The van der Waals surface area contributed by atoms with Crippen LogP contribution >= 0.6 is 0 Å². The molecule has 6 nitrogen and oxygen atoms in total. The maximum Gasteiger partial charge on any atom is 0.223 e. The number of pyridine rings is 1. The number of aromatic nitrogens is 1. The smallest absolute Gasteiger partial charge is 0.223 e. The van der Waals surface area contributed by atoms with E-state index in [1.807, 2.05) is 12.1 Å². The third-order valence-corrected chi connectivity index (χ3v) is 5.48. The highest BCUT2D eigenvalue weighted by molar-refractivity contribution is 5.80. The Morgan fingerprint density at radius 1 is 1.26 bits per heavy atom. The molecule has 2 aliphatic carbocycles. The molecule has 2 amide bonds. The molecule has 3 N–H and O–H groups in total. The first-order valence-corrected chi connectivity index (χ1v) is 9.94. The van der Waals surface area contributed by atoms with E-state index in [0.29, 0.717) is 32.2 Å². The number of nitrogens with zero attached hydrogens (tertiary/aromatic N) is 1. The van der Waals surface area contributed by atoms with E-state index in [1.165, 1.54) is 18.4 Å². The first-order chi connectivity index (χ1) is 13.1. The molecule has 1 fully saturated rings. The normalized spacial score (nSPS) is 24.9. The number of hydrogen-bond acceptors (Lipinski definition) is 4. The van der Waals surface area contributed by atoms with Crippen molar-refractivity contribution in [3.8, 4) is 0 Å². The van der Waals surface area contributed by atoms with Crippen LogP contribution in [0.4, 0.5) is 0 Å². The van der Waals surface area contributed by atoms with Crippen molar-refractivity contribution in [3.63, 3.8) is 0 Å². The zero-order chi connectivity index (χ0) is 19.1. The minimum absolute atomic E-state index is 0.0207. The lowest BCUT2D eigenvalue weighted by molar-refractivity contribution is -0.125. The largest absolute Gasteiger partial charge is 0.391 e. The van der Waals surface area contributed by atoms with Gasteiger partial charge in [0.1, 0.15) is 0 Å². The summed E-state index contributed by atoms with van der Waals surface area (Å²) >= 11 is 0. The number of rotatable bonds is 7. The molecule has 1 heterocycles. The molecular formula is C21H29N3O3. The van der Waals surface area contributed by atoms with Gasteiger partial charge in [0, 0.05) is 31.3 Å². The molecule has 0 aliphatic heterocycles. The second-order valence-electron chi connectivity index (χ2n) is 7.60. The van der Waals surface area contributed by atoms with Crippen molar-refractivity contribution >= 4 is 11.8 Å². The van der Waals surface area contributed by atoms with Crippen LogP contribution in [0.2, 0.25) is 0 Å². The van der Waals surface area contributed by atoms with Gasteiger partial charge < -0.3 is 15.7 Å². The summed E-state index contributed by atoms with van der Waals surface area (Å²) in [4.78, 5) is 28.6. The fraction of sp³-hybridized carbons (Fsp3) is 0.571. The lowest BCUT2D eigenvalue weighted by Gasteiger charge is -2.17. The highest BCUT2D eigenvalue weighted by Crippen LogP contribution is 2.27. The maximum absolute atomic E-state index is 12.4. The van der Waals surface area contributed by atoms with Crippen LogP contribution in [-0.4, -0.2) is 40.6 Å². The second-order valence-corrected chi connectivity index (χ2v) is 7.60. The average molecular weight is 371 g/mol. The first-order valence-electron chi connectivity index (χ1n) is 9.94. The molecule has 2 aliphatic rings. The topological polar surface area (TPSA) is 91.3 Å².